The molecule has 1 heterocycles. The largest absolute Gasteiger partial charge is 0.357 e. The van der Waals surface area contributed by atoms with Gasteiger partial charge in [-0.25, -0.2) is 9.38 Å². The van der Waals surface area contributed by atoms with Crippen molar-refractivity contribution in [3.8, 4) is 6.07 Å². The summed E-state index contributed by atoms with van der Waals surface area (Å²) in [7, 11) is 0. The Labute approximate surface area is 141 Å². The molecule has 0 aliphatic carbocycles. The van der Waals surface area contributed by atoms with E-state index in [-0.39, 0.29) is 17.1 Å². The average Bonchev–Trinajstić information content (AvgIpc) is 2.51. The quantitative estimate of drug-likeness (QED) is 0.682. The maximum Gasteiger partial charge on any atom is 0.194 e. The molecule has 0 saturated carbocycles. The molecule has 0 bridgehead atoms. The molecule has 1 aliphatic rings. The molecule has 1 aromatic rings. The van der Waals surface area contributed by atoms with Crippen molar-refractivity contribution in [1.82, 2.24) is 10.2 Å². The summed E-state index contributed by atoms with van der Waals surface area (Å²) in [5.41, 5.74) is 0.905. The Morgan fingerprint density at radius 1 is 1.52 bits per heavy atom. The van der Waals surface area contributed by atoms with Crippen LogP contribution in [0.5, 0.6) is 0 Å². The highest BCUT2D eigenvalue weighted by molar-refractivity contribution is 8.00. The third-order valence-corrected chi connectivity index (χ3v) is 4.93. The van der Waals surface area contributed by atoms with Crippen molar-refractivity contribution in [3.63, 3.8) is 0 Å². The van der Waals surface area contributed by atoms with Crippen LogP contribution in [0.1, 0.15) is 31.9 Å². The van der Waals surface area contributed by atoms with Gasteiger partial charge in [0.25, 0.3) is 0 Å². The topological polar surface area (TPSA) is 51.4 Å². The lowest BCUT2D eigenvalue weighted by Crippen LogP contribution is -2.50. The van der Waals surface area contributed by atoms with Crippen molar-refractivity contribution < 1.29 is 4.39 Å². The Kier molecular flexibility index (Phi) is 5.89. The zero-order chi connectivity index (χ0) is 16.9. The summed E-state index contributed by atoms with van der Waals surface area (Å²) in [5, 5.41) is 12.2. The van der Waals surface area contributed by atoms with E-state index in [2.05, 4.69) is 29.1 Å². The van der Waals surface area contributed by atoms with Crippen molar-refractivity contribution in [3.05, 3.63) is 35.1 Å². The highest BCUT2D eigenvalue weighted by Gasteiger charge is 2.28. The fraction of sp³-hybridized carbons (Fsp3) is 0.529. The number of aliphatic imine (C=N–C) groups is 1. The highest BCUT2D eigenvalue weighted by Crippen LogP contribution is 2.29. The van der Waals surface area contributed by atoms with Crippen LogP contribution in [-0.2, 0) is 6.54 Å². The molecule has 0 atom stereocenters. The van der Waals surface area contributed by atoms with Crippen LogP contribution < -0.4 is 5.32 Å². The first kappa shape index (κ1) is 17.6. The minimum absolute atomic E-state index is 0.181. The van der Waals surface area contributed by atoms with Crippen molar-refractivity contribution >= 4 is 17.7 Å². The van der Waals surface area contributed by atoms with E-state index in [0.717, 1.165) is 31.3 Å². The van der Waals surface area contributed by atoms with E-state index >= 15 is 0 Å². The van der Waals surface area contributed by atoms with Gasteiger partial charge in [0.05, 0.1) is 18.2 Å². The molecular weight excluding hydrogens is 311 g/mol. The number of nitrogens with one attached hydrogen (secondary N) is 1. The maximum absolute atomic E-state index is 13.9. The molecule has 23 heavy (non-hydrogen) atoms. The fourth-order valence-corrected chi connectivity index (χ4v) is 3.66. The average molecular weight is 334 g/mol. The molecule has 0 spiro atoms. The van der Waals surface area contributed by atoms with Crippen LogP contribution in [0, 0.1) is 17.1 Å². The standard InChI is InChI=1S/C17H23FN4S/c1-4-20-16(22-7-8-23-17(2,3)12-22)21-11-14-9-13(10-19)5-6-15(14)18/h5-6,9H,4,7-8,11-12H2,1-3H3,(H,20,21). The molecule has 1 N–H and O–H groups in total. The number of hydrogen-bond donors (Lipinski definition) is 1. The van der Waals surface area contributed by atoms with Crippen LogP contribution in [0.25, 0.3) is 0 Å². The number of nitrogens with zero attached hydrogens (tertiary/aromatic N) is 3. The number of guanidine groups is 1. The van der Waals surface area contributed by atoms with Crippen LogP contribution in [0.4, 0.5) is 4.39 Å². The normalized spacial score (nSPS) is 17.7. The number of thioether (sulfide) groups is 1. The summed E-state index contributed by atoms with van der Waals surface area (Å²) >= 11 is 1.96. The molecule has 0 amide bonds. The summed E-state index contributed by atoms with van der Waals surface area (Å²) in [4.78, 5) is 6.81. The SMILES string of the molecule is CCNC(=NCc1cc(C#N)ccc1F)N1CCSC(C)(C)C1. The van der Waals surface area contributed by atoms with E-state index in [1.165, 1.54) is 12.1 Å². The van der Waals surface area contributed by atoms with Gasteiger partial charge in [0.2, 0.25) is 0 Å². The van der Waals surface area contributed by atoms with Gasteiger partial charge < -0.3 is 10.2 Å². The maximum atomic E-state index is 13.9. The molecule has 1 fully saturated rings. The Morgan fingerprint density at radius 3 is 2.96 bits per heavy atom. The van der Waals surface area contributed by atoms with Crippen molar-refractivity contribution in [1.29, 1.82) is 5.26 Å². The van der Waals surface area contributed by atoms with Gasteiger partial charge in [0.1, 0.15) is 5.82 Å². The first-order chi connectivity index (χ1) is 10.9. The number of nitriles is 1. The highest BCUT2D eigenvalue weighted by atomic mass is 32.2. The Balaban J connectivity index is 2.17. The molecule has 2 rings (SSSR count). The van der Waals surface area contributed by atoms with Gasteiger partial charge in [-0.3, -0.25) is 0 Å². The predicted octanol–water partition coefficient (Wildman–Crippen LogP) is 2.99. The van der Waals surface area contributed by atoms with Crippen LogP contribution in [0.15, 0.2) is 23.2 Å². The monoisotopic (exact) mass is 334 g/mol. The van der Waals surface area contributed by atoms with Crippen molar-refractivity contribution in [2.24, 2.45) is 4.99 Å². The number of rotatable bonds is 3. The van der Waals surface area contributed by atoms with Crippen molar-refractivity contribution in [2.75, 3.05) is 25.4 Å². The molecule has 4 nitrogen and oxygen atoms in total. The van der Waals surface area contributed by atoms with E-state index in [0.29, 0.717) is 11.1 Å². The second kappa shape index (κ2) is 7.69. The zero-order valence-electron chi connectivity index (χ0n) is 13.9. The van der Waals surface area contributed by atoms with Gasteiger partial charge in [-0.2, -0.15) is 17.0 Å². The summed E-state index contributed by atoms with van der Waals surface area (Å²) in [6.45, 7) is 9.31. The third kappa shape index (κ3) is 4.87. The second-order valence-electron chi connectivity index (χ2n) is 6.12. The molecule has 1 saturated heterocycles. The van der Waals surface area contributed by atoms with Crippen molar-refractivity contribution in [2.45, 2.75) is 32.1 Å². The number of benzene rings is 1. The summed E-state index contributed by atoms with van der Waals surface area (Å²) in [6.07, 6.45) is 0. The van der Waals surface area contributed by atoms with Crippen LogP contribution in [0.3, 0.4) is 0 Å². The minimum Gasteiger partial charge on any atom is -0.357 e. The molecular formula is C17H23FN4S. The van der Waals surface area contributed by atoms with Gasteiger partial charge in [-0.05, 0) is 39.0 Å². The van der Waals surface area contributed by atoms with Crippen LogP contribution in [0.2, 0.25) is 0 Å². The van der Waals surface area contributed by atoms with Gasteiger partial charge >= 0.3 is 0 Å². The third-order valence-electron chi connectivity index (χ3n) is 3.63. The lowest BCUT2D eigenvalue weighted by molar-refractivity contribution is 0.375. The smallest absolute Gasteiger partial charge is 0.194 e. The van der Waals surface area contributed by atoms with E-state index in [9.17, 15) is 4.39 Å². The van der Waals surface area contributed by atoms with Gasteiger partial charge in [-0.1, -0.05) is 0 Å². The molecule has 0 radical (unpaired) electrons. The van der Waals surface area contributed by atoms with Crippen LogP contribution in [-0.4, -0.2) is 41.0 Å². The molecule has 1 aliphatic heterocycles. The van der Waals surface area contributed by atoms with E-state index in [1.807, 2.05) is 24.8 Å². The Bertz CT molecular complexity index is 622. The predicted molar refractivity (Wildman–Crippen MR) is 94.0 cm³/mol. The van der Waals surface area contributed by atoms with E-state index in [4.69, 9.17) is 5.26 Å². The second-order valence-corrected chi connectivity index (χ2v) is 7.92. The van der Waals surface area contributed by atoms with E-state index < -0.39 is 0 Å². The minimum atomic E-state index is -0.321. The van der Waals surface area contributed by atoms with E-state index in [1.54, 1.807) is 6.07 Å². The molecule has 0 unspecified atom stereocenters. The van der Waals surface area contributed by atoms with Crippen LogP contribution >= 0.6 is 11.8 Å². The molecule has 0 aromatic heterocycles. The lowest BCUT2D eigenvalue weighted by atomic mass is 10.1. The molecule has 1 aromatic carbocycles. The zero-order valence-corrected chi connectivity index (χ0v) is 14.7. The number of hydrogen-bond acceptors (Lipinski definition) is 3. The molecule has 6 heteroatoms. The first-order valence-electron chi connectivity index (χ1n) is 7.81. The number of halogens is 1. The summed E-state index contributed by atoms with van der Waals surface area (Å²) in [6, 6.07) is 6.42. The fourth-order valence-electron chi connectivity index (χ4n) is 2.55. The van der Waals surface area contributed by atoms with Gasteiger partial charge in [-0.15, -0.1) is 0 Å². The first-order valence-corrected chi connectivity index (χ1v) is 8.79. The summed E-state index contributed by atoms with van der Waals surface area (Å²) in [5.74, 6) is 1.54. The summed E-state index contributed by atoms with van der Waals surface area (Å²) < 4.78 is 14.1. The Hall–Kier alpha value is -1.74. The van der Waals surface area contributed by atoms with Gasteiger partial charge in [0, 0.05) is 35.7 Å². The molecule has 124 valence electrons. The van der Waals surface area contributed by atoms with Gasteiger partial charge in [0.15, 0.2) is 5.96 Å². The lowest BCUT2D eigenvalue weighted by Gasteiger charge is -2.39. The Morgan fingerprint density at radius 2 is 2.30 bits per heavy atom.